The molecule has 2 heterocycles. The molecule has 1 aromatic rings. The highest BCUT2D eigenvalue weighted by atomic mass is 35.5. The van der Waals surface area contributed by atoms with Crippen molar-refractivity contribution >= 4 is 18.3 Å². The van der Waals surface area contributed by atoms with Crippen LogP contribution < -0.4 is 11.1 Å². The Labute approximate surface area is 137 Å². The number of aromatic nitrogens is 2. The highest BCUT2D eigenvalue weighted by Crippen LogP contribution is 2.19. The van der Waals surface area contributed by atoms with E-state index in [0.717, 1.165) is 25.9 Å². The second-order valence-electron chi connectivity index (χ2n) is 5.86. The van der Waals surface area contributed by atoms with Gasteiger partial charge in [0, 0.05) is 25.6 Å². The van der Waals surface area contributed by atoms with Gasteiger partial charge in [-0.15, -0.1) is 12.4 Å². The minimum atomic E-state index is 0. The molecular weight excluding hydrogens is 306 g/mol. The molecule has 3 N–H and O–H groups in total. The second-order valence-corrected chi connectivity index (χ2v) is 5.86. The van der Waals surface area contributed by atoms with Crippen LogP contribution in [-0.4, -0.2) is 47.1 Å². The molecule has 0 aliphatic carbocycles. The summed E-state index contributed by atoms with van der Waals surface area (Å²) in [4.78, 5) is 18.6. The number of likely N-dealkylation sites (tertiary alicyclic amines) is 1. The average Bonchev–Trinajstić information content (AvgIpc) is 2.94. The van der Waals surface area contributed by atoms with Gasteiger partial charge in [-0.2, -0.15) is 4.98 Å². The number of nitrogens with two attached hydrogens (primary N) is 1. The lowest BCUT2D eigenvalue weighted by Gasteiger charge is -2.31. The summed E-state index contributed by atoms with van der Waals surface area (Å²) < 4.78 is 5.21. The molecule has 0 saturated carbocycles. The third kappa shape index (κ3) is 5.23. The summed E-state index contributed by atoms with van der Waals surface area (Å²) in [6.07, 6.45) is 1.94. The van der Waals surface area contributed by atoms with Crippen LogP contribution in [0.15, 0.2) is 4.52 Å². The number of rotatable bonds is 6. The van der Waals surface area contributed by atoms with E-state index in [9.17, 15) is 4.79 Å². The maximum Gasteiger partial charge on any atom is 0.229 e. The third-order valence-electron chi connectivity index (χ3n) is 3.66. The minimum Gasteiger partial charge on any atom is -0.355 e. The Hall–Kier alpha value is -1.18. The molecule has 7 nitrogen and oxygen atoms in total. The number of piperidine rings is 1. The predicted octanol–water partition coefficient (Wildman–Crippen LogP) is 0.902. The summed E-state index contributed by atoms with van der Waals surface area (Å²) in [6, 6.07) is 0. The number of carbonyl (C=O) groups excluding carboxylic acids is 1. The maximum absolute atomic E-state index is 12.0. The fourth-order valence-corrected chi connectivity index (χ4v) is 2.52. The quantitative estimate of drug-likeness (QED) is 0.804. The van der Waals surface area contributed by atoms with E-state index in [2.05, 4.69) is 20.4 Å². The van der Waals surface area contributed by atoms with Crippen LogP contribution >= 0.6 is 12.4 Å². The largest absolute Gasteiger partial charge is 0.355 e. The standard InChI is InChI=1S/C14H25N5O2.ClH/c1-10(2)14-17-12(18-21-14)9-19-7-3-4-11(8-19)13(20)16-6-5-15;/h10-11H,3-9,15H2,1-2H3,(H,16,20);1H. The normalized spacial score (nSPS) is 19.0. The number of nitrogens with one attached hydrogen (secondary N) is 1. The lowest BCUT2D eigenvalue weighted by Crippen LogP contribution is -2.43. The highest BCUT2D eigenvalue weighted by molar-refractivity contribution is 5.85. The number of hydrogen-bond donors (Lipinski definition) is 2. The van der Waals surface area contributed by atoms with Crippen molar-refractivity contribution in [3.63, 3.8) is 0 Å². The fourth-order valence-electron chi connectivity index (χ4n) is 2.52. The van der Waals surface area contributed by atoms with Gasteiger partial charge in [-0.1, -0.05) is 19.0 Å². The fraction of sp³-hybridized carbons (Fsp3) is 0.786. The second kappa shape index (κ2) is 9.07. The van der Waals surface area contributed by atoms with Gasteiger partial charge < -0.3 is 15.6 Å². The summed E-state index contributed by atoms with van der Waals surface area (Å²) in [5, 5.41) is 6.87. The predicted molar refractivity (Wildman–Crippen MR) is 85.7 cm³/mol. The van der Waals surface area contributed by atoms with Crippen molar-refractivity contribution in [2.75, 3.05) is 26.2 Å². The number of nitrogens with zero attached hydrogens (tertiary/aromatic N) is 3. The van der Waals surface area contributed by atoms with E-state index in [0.29, 0.717) is 31.3 Å². The maximum atomic E-state index is 12.0. The Morgan fingerprint density at radius 3 is 2.95 bits per heavy atom. The molecule has 1 amide bonds. The number of halogens is 1. The van der Waals surface area contributed by atoms with Crippen molar-refractivity contribution in [3.8, 4) is 0 Å². The van der Waals surface area contributed by atoms with Gasteiger partial charge >= 0.3 is 0 Å². The average molecular weight is 332 g/mol. The zero-order valence-corrected chi connectivity index (χ0v) is 14.1. The molecule has 126 valence electrons. The van der Waals surface area contributed by atoms with Crippen LogP contribution in [0.25, 0.3) is 0 Å². The van der Waals surface area contributed by atoms with Gasteiger partial charge in [0.05, 0.1) is 12.5 Å². The van der Waals surface area contributed by atoms with Gasteiger partial charge in [-0.3, -0.25) is 9.69 Å². The Kier molecular flexibility index (Phi) is 7.78. The van der Waals surface area contributed by atoms with Crippen LogP contribution in [0, 0.1) is 5.92 Å². The first-order chi connectivity index (χ1) is 10.1. The van der Waals surface area contributed by atoms with E-state index in [-0.39, 0.29) is 30.2 Å². The first kappa shape index (κ1) is 18.9. The molecule has 1 saturated heterocycles. The Balaban J connectivity index is 0.00000242. The molecule has 1 fully saturated rings. The van der Waals surface area contributed by atoms with Crippen molar-refractivity contribution < 1.29 is 9.32 Å². The first-order valence-corrected chi connectivity index (χ1v) is 7.62. The molecule has 22 heavy (non-hydrogen) atoms. The third-order valence-corrected chi connectivity index (χ3v) is 3.66. The van der Waals surface area contributed by atoms with Crippen LogP contribution in [0.5, 0.6) is 0 Å². The molecule has 0 radical (unpaired) electrons. The highest BCUT2D eigenvalue weighted by Gasteiger charge is 2.26. The summed E-state index contributed by atoms with van der Waals surface area (Å²) in [5.41, 5.74) is 5.41. The molecule has 1 aromatic heterocycles. The van der Waals surface area contributed by atoms with Crippen molar-refractivity contribution in [2.45, 2.75) is 39.2 Å². The molecule has 0 aromatic carbocycles. The lowest BCUT2D eigenvalue weighted by molar-refractivity contribution is -0.126. The topological polar surface area (TPSA) is 97.3 Å². The summed E-state index contributed by atoms with van der Waals surface area (Å²) >= 11 is 0. The van der Waals surface area contributed by atoms with Crippen LogP contribution in [0.4, 0.5) is 0 Å². The van der Waals surface area contributed by atoms with Crippen LogP contribution in [0.3, 0.4) is 0 Å². The van der Waals surface area contributed by atoms with Crippen LogP contribution in [0.2, 0.25) is 0 Å². The van der Waals surface area contributed by atoms with Crippen molar-refractivity contribution in [2.24, 2.45) is 11.7 Å². The Morgan fingerprint density at radius 2 is 2.32 bits per heavy atom. The summed E-state index contributed by atoms with van der Waals surface area (Å²) in [5.74, 6) is 1.73. The molecule has 1 atom stereocenters. The van der Waals surface area contributed by atoms with E-state index in [1.165, 1.54) is 0 Å². The van der Waals surface area contributed by atoms with Crippen molar-refractivity contribution in [1.82, 2.24) is 20.4 Å². The monoisotopic (exact) mass is 331 g/mol. The van der Waals surface area contributed by atoms with E-state index in [1.54, 1.807) is 0 Å². The van der Waals surface area contributed by atoms with E-state index in [1.807, 2.05) is 13.8 Å². The zero-order chi connectivity index (χ0) is 15.2. The van der Waals surface area contributed by atoms with Gasteiger partial charge in [0.2, 0.25) is 11.8 Å². The lowest BCUT2D eigenvalue weighted by atomic mass is 9.97. The Bertz CT molecular complexity index is 466. The van der Waals surface area contributed by atoms with E-state index in [4.69, 9.17) is 10.3 Å². The van der Waals surface area contributed by atoms with E-state index >= 15 is 0 Å². The molecule has 0 spiro atoms. The van der Waals surface area contributed by atoms with Gasteiger partial charge in [0.25, 0.3) is 0 Å². The van der Waals surface area contributed by atoms with Gasteiger partial charge in [0.1, 0.15) is 0 Å². The SMILES string of the molecule is CC(C)c1nc(CN2CCCC(C(=O)NCCN)C2)no1.Cl. The zero-order valence-electron chi connectivity index (χ0n) is 13.2. The van der Waals surface area contributed by atoms with Crippen molar-refractivity contribution in [1.29, 1.82) is 0 Å². The molecular formula is C14H26ClN5O2. The number of amides is 1. The van der Waals surface area contributed by atoms with Crippen LogP contribution in [0.1, 0.15) is 44.3 Å². The van der Waals surface area contributed by atoms with E-state index < -0.39 is 0 Å². The van der Waals surface area contributed by atoms with Gasteiger partial charge in [0.15, 0.2) is 5.82 Å². The first-order valence-electron chi connectivity index (χ1n) is 7.62. The minimum absolute atomic E-state index is 0. The summed E-state index contributed by atoms with van der Waals surface area (Å²) in [6.45, 7) is 7.40. The molecule has 2 rings (SSSR count). The van der Waals surface area contributed by atoms with Crippen LogP contribution in [-0.2, 0) is 11.3 Å². The molecule has 8 heteroatoms. The number of carbonyl (C=O) groups is 1. The molecule has 1 aliphatic rings. The van der Waals surface area contributed by atoms with Crippen molar-refractivity contribution in [3.05, 3.63) is 11.7 Å². The Morgan fingerprint density at radius 1 is 1.55 bits per heavy atom. The molecule has 1 unspecified atom stereocenters. The molecule has 0 bridgehead atoms. The summed E-state index contributed by atoms with van der Waals surface area (Å²) in [7, 11) is 0. The smallest absolute Gasteiger partial charge is 0.229 e. The van der Waals surface area contributed by atoms with Gasteiger partial charge in [-0.25, -0.2) is 0 Å². The van der Waals surface area contributed by atoms with Gasteiger partial charge in [-0.05, 0) is 19.4 Å². The molecule has 1 aliphatic heterocycles. The number of hydrogen-bond acceptors (Lipinski definition) is 6.